The minimum atomic E-state index is -0.735. The van der Waals surface area contributed by atoms with Crippen molar-refractivity contribution in [1.29, 1.82) is 0 Å². The Labute approximate surface area is 223 Å². The number of para-hydroxylation sites is 1. The van der Waals surface area contributed by atoms with Gasteiger partial charge in [-0.1, -0.05) is 35.6 Å². The second-order valence-corrected chi connectivity index (χ2v) is 9.86. The molecule has 196 valence electrons. The predicted molar refractivity (Wildman–Crippen MR) is 148 cm³/mol. The maximum absolute atomic E-state index is 14.0. The lowest BCUT2D eigenvalue weighted by molar-refractivity contribution is -0.139. The first-order valence-corrected chi connectivity index (χ1v) is 13.3. The van der Waals surface area contributed by atoms with Gasteiger partial charge in [-0.25, -0.2) is 9.79 Å². The Morgan fingerprint density at radius 2 is 1.92 bits per heavy atom. The number of nitrogens with zero attached hydrogens (tertiary/aromatic N) is 2. The minimum absolute atomic E-state index is 0.208. The third kappa shape index (κ3) is 4.32. The lowest BCUT2D eigenvalue weighted by Crippen LogP contribution is -2.40. The molecule has 0 radical (unpaired) electrons. The maximum atomic E-state index is 14.0. The summed E-state index contributed by atoms with van der Waals surface area (Å²) in [7, 11) is 1.57. The van der Waals surface area contributed by atoms with Gasteiger partial charge in [-0.3, -0.25) is 9.36 Å². The van der Waals surface area contributed by atoms with Crippen LogP contribution in [0.4, 0.5) is 0 Å². The van der Waals surface area contributed by atoms with Gasteiger partial charge in [0.15, 0.2) is 16.3 Å². The number of aromatic amines is 1. The van der Waals surface area contributed by atoms with Crippen LogP contribution in [0.3, 0.4) is 0 Å². The second kappa shape index (κ2) is 10.3. The van der Waals surface area contributed by atoms with Gasteiger partial charge >= 0.3 is 5.97 Å². The maximum Gasteiger partial charge on any atom is 0.338 e. The summed E-state index contributed by atoms with van der Waals surface area (Å²) in [6.07, 6.45) is 1.90. The molecule has 0 saturated carbocycles. The van der Waals surface area contributed by atoms with Crippen LogP contribution in [-0.4, -0.2) is 35.8 Å². The number of aromatic nitrogens is 2. The molecule has 0 saturated heterocycles. The van der Waals surface area contributed by atoms with Crippen molar-refractivity contribution < 1.29 is 19.0 Å². The standard InChI is InChI=1S/C29H29N3O5S/c1-6-36-23-14-18(12-13-22(23)35-5)26-25(28(34)37-7-2)17(4)31-29-32(26)27(33)24(38-29)15-20-16(3)30-21-11-9-8-10-19(20)21/h8-15,26,30H,6-7H2,1-5H3/b24-15-/t26-/m1/s1. The molecule has 0 aliphatic carbocycles. The van der Waals surface area contributed by atoms with Crippen LogP contribution in [0.25, 0.3) is 17.0 Å². The molecular weight excluding hydrogens is 502 g/mol. The van der Waals surface area contributed by atoms with Crippen molar-refractivity contribution in [2.75, 3.05) is 20.3 Å². The monoisotopic (exact) mass is 531 g/mol. The van der Waals surface area contributed by atoms with E-state index in [-0.39, 0.29) is 12.2 Å². The number of thiazole rings is 1. The van der Waals surface area contributed by atoms with Gasteiger partial charge in [0, 0.05) is 22.2 Å². The first-order chi connectivity index (χ1) is 18.4. The highest BCUT2D eigenvalue weighted by Crippen LogP contribution is 2.36. The van der Waals surface area contributed by atoms with Gasteiger partial charge in [-0.15, -0.1) is 0 Å². The van der Waals surface area contributed by atoms with E-state index in [2.05, 4.69) is 9.98 Å². The van der Waals surface area contributed by atoms with Crippen LogP contribution in [0.5, 0.6) is 11.5 Å². The van der Waals surface area contributed by atoms with E-state index in [0.717, 1.165) is 22.2 Å². The van der Waals surface area contributed by atoms with Crippen molar-refractivity contribution in [2.24, 2.45) is 4.99 Å². The highest BCUT2D eigenvalue weighted by Gasteiger charge is 2.34. The second-order valence-electron chi connectivity index (χ2n) is 8.85. The number of aryl methyl sites for hydroxylation is 1. The van der Waals surface area contributed by atoms with E-state index in [1.807, 2.05) is 56.3 Å². The molecule has 8 nitrogen and oxygen atoms in total. The summed E-state index contributed by atoms with van der Waals surface area (Å²) in [4.78, 5) is 35.7. The number of ether oxygens (including phenoxy) is 3. The fourth-order valence-corrected chi connectivity index (χ4v) is 5.88. The summed E-state index contributed by atoms with van der Waals surface area (Å²) in [5.41, 5.74) is 4.22. The van der Waals surface area contributed by atoms with Crippen molar-refractivity contribution in [2.45, 2.75) is 33.7 Å². The molecule has 0 bridgehead atoms. The molecule has 4 aromatic rings. The number of carbonyl (C=O) groups is 1. The molecule has 3 heterocycles. The van der Waals surface area contributed by atoms with E-state index in [1.54, 1.807) is 31.6 Å². The smallest absolute Gasteiger partial charge is 0.338 e. The van der Waals surface area contributed by atoms with Crippen molar-refractivity contribution in [1.82, 2.24) is 9.55 Å². The number of hydrogen-bond donors (Lipinski definition) is 1. The number of nitrogens with one attached hydrogen (secondary N) is 1. The molecule has 0 spiro atoms. The lowest BCUT2D eigenvalue weighted by atomic mass is 9.95. The Hall–Kier alpha value is -4.11. The van der Waals surface area contributed by atoms with Gasteiger partial charge in [-0.05, 0) is 57.5 Å². The van der Waals surface area contributed by atoms with Gasteiger partial charge in [0.05, 0.1) is 42.2 Å². The summed E-state index contributed by atoms with van der Waals surface area (Å²) in [6, 6.07) is 12.7. The topological polar surface area (TPSA) is 94.9 Å². The largest absolute Gasteiger partial charge is 0.493 e. The molecular formula is C29H29N3O5S. The molecule has 0 amide bonds. The molecule has 1 atom stereocenters. The Morgan fingerprint density at radius 1 is 1.13 bits per heavy atom. The molecule has 2 aromatic carbocycles. The highest BCUT2D eigenvalue weighted by atomic mass is 32.1. The molecule has 1 aliphatic rings. The molecule has 5 rings (SSSR count). The van der Waals surface area contributed by atoms with E-state index in [9.17, 15) is 9.59 Å². The molecule has 38 heavy (non-hydrogen) atoms. The Balaban J connectivity index is 1.76. The number of allylic oxidation sites excluding steroid dienone is 1. The first kappa shape index (κ1) is 25.5. The predicted octanol–water partition coefficient (Wildman–Crippen LogP) is 4.00. The average Bonchev–Trinajstić information content (AvgIpc) is 3.38. The fraction of sp³-hybridized carbons (Fsp3) is 0.276. The quantitative estimate of drug-likeness (QED) is 0.364. The van der Waals surface area contributed by atoms with Crippen molar-refractivity contribution in [3.63, 3.8) is 0 Å². The molecule has 2 aromatic heterocycles. The molecule has 9 heteroatoms. The number of rotatable bonds is 7. The van der Waals surface area contributed by atoms with Crippen molar-refractivity contribution >= 4 is 34.3 Å². The van der Waals surface area contributed by atoms with E-state index in [4.69, 9.17) is 14.2 Å². The molecule has 1 aliphatic heterocycles. The molecule has 0 fully saturated rings. The number of fused-ring (bicyclic) bond motifs is 2. The number of H-pyrrole nitrogens is 1. The zero-order chi connectivity index (χ0) is 27.0. The number of methoxy groups -OCH3 is 1. The van der Waals surface area contributed by atoms with Gasteiger partial charge in [0.2, 0.25) is 0 Å². The Bertz CT molecular complexity index is 1760. The lowest BCUT2D eigenvalue weighted by Gasteiger charge is -2.25. The SMILES string of the molecule is CCOC(=O)C1=C(C)N=c2s/c(=C\c3c(C)[nH]c4ccccc34)c(=O)n2[C@@H]1c1ccc(OC)c(OCC)c1. The first-order valence-electron chi connectivity index (χ1n) is 12.5. The number of hydrogen-bond acceptors (Lipinski definition) is 7. The van der Waals surface area contributed by atoms with Crippen molar-refractivity contribution in [3.8, 4) is 11.5 Å². The van der Waals surface area contributed by atoms with E-state index < -0.39 is 12.0 Å². The van der Waals surface area contributed by atoms with Crippen molar-refractivity contribution in [3.05, 3.63) is 90.2 Å². The third-order valence-electron chi connectivity index (χ3n) is 6.54. The minimum Gasteiger partial charge on any atom is -0.493 e. The van der Waals surface area contributed by atoms with Crippen LogP contribution in [-0.2, 0) is 9.53 Å². The summed E-state index contributed by atoms with van der Waals surface area (Å²) in [5.74, 6) is 0.590. The van der Waals surface area contributed by atoms with Crippen LogP contribution in [0.1, 0.15) is 43.6 Å². The number of benzene rings is 2. The van der Waals surface area contributed by atoms with Gasteiger partial charge in [-0.2, -0.15) is 0 Å². The number of esters is 1. The summed E-state index contributed by atoms with van der Waals surface area (Å²) in [6.45, 7) is 8.04. The zero-order valence-electron chi connectivity index (χ0n) is 22.0. The van der Waals surface area contributed by atoms with Crippen LogP contribution >= 0.6 is 11.3 Å². The summed E-state index contributed by atoms with van der Waals surface area (Å²) in [5, 5.41) is 1.03. The van der Waals surface area contributed by atoms with Crippen LogP contribution in [0.2, 0.25) is 0 Å². The Kier molecular flexibility index (Phi) is 6.94. The van der Waals surface area contributed by atoms with Crippen LogP contribution in [0, 0.1) is 6.92 Å². The van der Waals surface area contributed by atoms with E-state index >= 15 is 0 Å². The average molecular weight is 532 g/mol. The third-order valence-corrected chi connectivity index (χ3v) is 7.52. The normalized spacial score (nSPS) is 15.4. The van der Waals surface area contributed by atoms with Gasteiger partial charge in [0.25, 0.3) is 5.56 Å². The fourth-order valence-electron chi connectivity index (χ4n) is 4.85. The molecule has 0 unspecified atom stereocenters. The summed E-state index contributed by atoms with van der Waals surface area (Å²) < 4.78 is 18.8. The highest BCUT2D eigenvalue weighted by molar-refractivity contribution is 7.07. The van der Waals surface area contributed by atoms with Crippen LogP contribution < -0.4 is 24.4 Å². The summed E-state index contributed by atoms with van der Waals surface area (Å²) >= 11 is 1.30. The Morgan fingerprint density at radius 3 is 2.66 bits per heavy atom. The van der Waals surface area contributed by atoms with E-state index in [0.29, 0.717) is 44.3 Å². The van der Waals surface area contributed by atoms with Gasteiger partial charge in [0.1, 0.15) is 0 Å². The van der Waals surface area contributed by atoms with Gasteiger partial charge < -0.3 is 19.2 Å². The van der Waals surface area contributed by atoms with Crippen LogP contribution in [0.15, 0.2) is 63.5 Å². The zero-order valence-corrected chi connectivity index (χ0v) is 22.8. The molecule has 1 N–H and O–H groups in total. The number of carbonyl (C=O) groups excluding carboxylic acids is 1. The van der Waals surface area contributed by atoms with E-state index in [1.165, 1.54) is 11.3 Å².